The Balaban J connectivity index is 1.74. The Bertz CT molecular complexity index is 1340. The number of imidazole rings is 1. The van der Waals surface area contributed by atoms with Crippen molar-refractivity contribution in [1.82, 2.24) is 9.55 Å². The second kappa shape index (κ2) is 9.85. The Morgan fingerprint density at radius 1 is 1.16 bits per heavy atom. The minimum atomic E-state index is -1.35. The summed E-state index contributed by atoms with van der Waals surface area (Å²) in [5.74, 6) is -1.37. The van der Waals surface area contributed by atoms with Gasteiger partial charge in [-0.25, -0.2) is 9.37 Å². The van der Waals surface area contributed by atoms with E-state index >= 15 is 0 Å². The van der Waals surface area contributed by atoms with E-state index in [2.05, 4.69) is 24.9 Å². The Morgan fingerprint density at radius 3 is 2.65 bits per heavy atom. The lowest BCUT2D eigenvalue weighted by Crippen LogP contribution is -2.33. The van der Waals surface area contributed by atoms with Crippen LogP contribution in [0, 0.1) is 11.7 Å². The number of carboxylic acid groups (broad SMARTS) is 1. The van der Waals surface area contributed by atoms with Crippen molar-refractivity contribution in [1.29, 1.82) is 0 Å². The molecule has 1 aliphatic heterocycles. The molecule has 2 heterocycles. The number of rotatable bonds is 6. The molecule has 0 spiro atoms. The zero-order chi connectivity index (χ0) is 26.4. The smallest absolute Gasteiger partial charge is 0.306 e. The van der Waals surface area contributed by atoms with Crippen LogP contribution in [-0.2, 0) is 11.2 Å². The number of nitrogens with zero attached hydrogens (tertiary/aromatic N) is 3. The van der Waals surface area contributed by atoms with Crippen LogP contribution in [0.1, 0.15) is 68.1 Å². The second-order valence-corrected chi connectivity index (χ2v) is 10.2. The molecule has 1 saturated carbocycles. The number of carboxylic acids is 1. The number of anilines is 1. The summed E-state index contributed by atoms with van der Waals surface area (Å²) in [5.41, 5.74) is 4.00. The van der Waals surface area contributed by atoms with Crippen LogP contribution in [0.3, 0.4) is 0 Å². The monoisotopic (exact) mass is 511 g/mol. The first kappa shape index (κ1) is 25.3. The van der Waals surface area contributed by atoms with E-state index in [9.17, 15) is 19.4 Å². The molecule has 4 atom stereocenters. The van der Waals surface area contributed by atoms with Gasteiger partial charge in [0.1, 0.15) is 17.7 Å². The van der Waals surface area contributed by atoms with Crippen molar-refractivity contribution < 1.29 is 28.9 Å². The SMILES string of the molecule is COc1ccc(F)c(OC)c1C(O)c1nc2c3c(ccc2n1C1CCCC(C(=O)O)C1)N(C)C(C)CC3. The number of halogens is 1. The summed E-state index contributed by atoms with van der Waals surface area (Å²) in [5, 5.41) is 21.5. The van der Waals surface area contributed by atoms with E-state index < -0.39 is 23.8 Å². The third kappa shape index (κ3) is 4.19. The number of aryl methyl sites for hydroxylation is 1. The van der Waals surface area contributed by atoms with Gasteiger partial charge in [-0.15, -0.1) is 0 Å². The Labute approximate surface area is 215 Å². The second-order valence-electron chi connectivity index (χ2n) is 10.2. The average molecular weight is 512 g/mol. The Kier molecular flexibility index (Phi) is 6.74. The molecule has 2 aromatic carbocycles. The normalized spacial score (nSPS) is 22.5. The fourth-order valence-electron chi connectivity index (χ4n) is 6.11. The van der Waals surface area contributed by atoms with Gasteiger partial charge in [-0.05, 0) is 63.3 Å². The highest BCUT2D eigenvalue weighted by molar-refractivity contribution is 5.86. The summed E-state index contributed by atoms with van der Waals surface area (Å²) >= 11 is 0. The number of aliphatic hydroxyl groups excluding tert-OH is 1. The predicted octanol–water partition coefficient (Wildman–Crippen LogP) is 4.86. The maximum atomic E-state index is 14.8. The van der Waals surface area contributed by atoms with E-state index in [-0.39, 0.29) is 23.1 Å². The van der Waals surface area contributed by atoms with Crippen LogP contribution in [-0.4, -0.2) is 53.0 Å². The molecule has 0 radical (unpaired) electrons. The molecule has 198 valence electrons. The van der Waals surface area contributed by atoms with E-state index in [0.29, 0.717) is 24.7 Å². The minimum Gasteiger partial charge on any atom is -0.496 e. The maximum absolute atomic E-state index is 14.8. The molecule has 4 unspecified atom stereocenters. The lowest BCUT2D eigenvalue weighted by atomic mass is 9.85. The highest BCUT2D eigenvalue weighted by Crippen LogP contribution is 2.44. The van der Waals surface area contributed by atoms with E-state index in [1.165, 1.54) is 26.4 Å². The van der Waals surface area contributed by atoms with Crippen molar-refractivity contribution in [2.24, 2.45) is 5.92 Å². The van der Waals surface area contributed by atoms with Gasteiger partial charge < -0.3 is 29.2 Å². The standard InChI is InChI=1S/C28H34FN3O5/c1-15-8-9-18-20(31(15)2)11-12-21-24(18)30-27(32(21)17-7-5-6-16(14-17)28(34)35)25(33)23-22(36-3)13-10-19(29)26(23)37-4/h10-13,15-17,25,33H,5-9,14H2,1-4H3,(H,34,35). The third-order valence-corrected chi connectivity index (χ3v) is 8.23. The molecule has 1 aromatic heterocycles. The van der Waals surface area contributed by atoms with Crippen LogP contribution in [0.4, 0.5) is 10.1 Å². The molecular weight excluding hydrogens is 477 g/mol. The predicted molar refractivity (Wildman–Crippen MR) is 138 cm³/mol. The number of benzene rings is 2. The van der Waals surface area contributed by atoms with Gasteiger partial charge in [-0.1, -0.05) is 6.42 Å². The van der Waals surface area contributed by atoms with Crippen molar-refractivity contribution in [3.63, 3.8) is 0 Å². The van der Waals surface area contributed by atoms with Gasteiger partial charge in [-0.2, -0.15) is 0 Å². The Hall–Kier alpha value is -3.33. The first-order chi connectivity index (χ1) is 17.8. The molecule has 1 fully saturated rings. The van der Waals surface area contributed by atoms with Gasteiger partial charge in [0.15, 0.2) is 11.6 Å². The summed E-state index contributed by atoms with van der Waals surface area (Å²) < 4.78 is 27.6. The molecule has 5 rings (SSSR count). The number of carbonyl (C=O) groups is 1. The van der Waals surface area contributed by atoms with Crippen molar-refractivity contribution in [3.8, 4) is 11.5 Å². The third-order valence-electron chi connectivity index (χ3n) is 8.23. The van der Waals surface area contributed by atoms with E-state index in [0.717, 1.165) is 48.0 Å². The molecule has 37 heavy (non-hydrogen) atoms. The van der Waals surface area contributed by atoms with Crippen molar-refractivity contribution in [2.75, 3.05) is 26.2 Å². The van der Waals surface area contributed by atoms with E-state index in [1.807, 2.05) is 10.6 Å². The van der Waals surface area contributed by atoms with Gasteiger partial charge in [0.05, 0.1) is 36.7 Å². The largest absolute Gasteiger partial charge is 0.496 e. The first-order valence-corrected chi connectivity index (χ1v) is 12.8. The minimum absolute atomic E-state index is 0.104. The topological polar surface area (TPSA) is 97.0 Å². The zero-order valence-corrected chi connectivity index (χ0v) is 21.7. The van der Waals surface area contributed by atoms with Crippen LogP contribution >= 0.6 is 0 Å². The van der Waals surface area contributed by atoms with E-state index in [1.54, 1.807) is 0 Å². The van der Waals surface area contributed by atoms with Gasteiger partial charge in [-0.3, -0.25) is 4.79 Å². The summed E-state index contributed by atoms with van der Waals surface area (Å²) in [6.45, 7) is 2.19. The Morgan fingerprint density at radius 2 is 1.95 bits per heavy atom. The fraction of sp³-hybridized carbons (Fsp3) is 0.500. The fourth-order valence-corrected chi connectivity index (χ4v) is 6.11. The van der Waals surface area contributed by atoms with E-state index in [4.69, 9.17) is 14.5 Å². The van der Waals surface area contributed by atoms with Crippen molar-refractivity contribution >= 4 is 22.7 Å². The number of aliphatic hydroxyl groups is 1. The van der Waals surface area contributed by atoms with Crippen LogP contribution in [0.15, 0.2) is 24.3 Å². The molecule has 1 aliphatic carbocycles. The molecule has 8 nitrogen and oxygen atoms in total. The van der Waals surface area contributed by atoms with Gasteiger partial charge >= 0.3 is 5.97 Å². The number of methoxy groups -OCH3 is 2. The van der Waals surface area contributed by atoms with Crippen LogP contribution < -0.4 is 14.4 Å². The highest BCUT2D eigenvalue weighted by atomic mass is 19.1. The lowest BCUT2D eigenvalue weighted by molar-refractivity contribution is -0.143. The van der Waals surface area contributed by atoms with Crippen LogP contribution in [0.2, 0.25) is 0 Å². The molecule has 9 heteroatoms. The summed E-state index contributed by atoms with van der Waals surface area (Å²) in [7, 11) is 4.88. The van der Waals surface area contributed by atoms with Crippen molar-refractivity contribution in [2.45, 2.75) is 63.6 Å². The molecule has 2 aliphatic rings. The number of hydrogen-bond acceptors (Lipinski definition) is 6. The van der Waals surface area contributed by atoms with Gasteiger partial charge in [0.25, 0.3) is 0 Å². The summed E-state index contributed by atoms with van der Waals surface area (Å²) in [4.78, 5) is 19.1. The molecule has 0 amide bonds. The number of aromatic nitrogens is 2. The molecule has 3 aromatic rings. The maximum Gasteiger partial charge on any atom is 0.306 e. The van der Waals surface area contributed by atoms with Crippen molar-refractivity contribution in [3.05, 3.63) is 47.0 Å². The van der Waals surface area contributed by atoms with Crippen LogP contribution in [0.5, 0.6) is 11.5 Å². The molecule has 0 bridgehead atoms. The quantitative estimate of drug-likeness (QED) is 0.488. The number of ether oxygens (including phenoxy) is 2. The summed E-state index contributed by atoms with van der Waals surface area (Å²) in [6.07, 6.45) is 3.05. The molecular formula is C28H34FN3O5. The van der Waals surface area contributed by atoms with Crippen LogP contribution in [0.25, 0.3) is 11.0 Å². The lowest BCUT2D eigenvalue weighted by Gasteiger charge is -2.34. The summed E-state index contributed by atoms with van der Waals surface area (Å²) in [6, 6.07) is 7.02. The number of aliphatic carboxylic acids is 1. The van der Waals surface area contributed by atoms with Gasteiger partial charge in [0, 0.05) is 30.4 Å². The number of fused-ring (bicyclic) bond motifs is 3. The average Bonchev–Trinajstić information content (AvgIpc) is 3.30. The molecule has 2 N–H and O–H groups in total. The number of hydrogen-bond donors (Lipinski definition) is 2. The van der Waals surface area contributed by atoms with Gasteiger partial charge in [0.2, 0.25) is 0 Å². The highest BCUT2D eigenvalue weighted by Gasteiger charge is 2.35. The molecule has 0 saturated heterocycles. The first-order valence-electron chi connectivity index (χ1n) is 12.8. The zero-order valence-electron chi connectivity index (χ0n) is 21.7.